The van der Waals surface area contributed by atoms with Gasteiger partial charge in [-0.15, -0.1) is 0 Å². The number of fused-ring (bicyclic) bond motifs is 2. The number of benzene rings is 3. The maximum Gasteiger partial charge on any atom is 0.310 e. The number of carbonyl (C=O) groups excluding carboxylic acids is 3. The second-order valence-corrected chi connectivity index (χ2v) is 6.54. The van der Waals surface area contributed by atoms with Gasteiger partial charge in [-0.2, -0.15) is 0 Å². The highest BCUT2D eigenvalue weighted by Crippen LogP contribution is 2.24. The van der Waals surface area contributed by atoms with E-state index in [2.05, 4.69) is 5.32 Å². The van der Waals surface area contributed by atoms with E-state index in [0.717, 1.165) is 27.6 Å². The summed E-state index contributed by atoms with van der Waals surface area (Å²) in [5.41, 5.74) is 2.79. The second kappa shape index (κ2) is 7.03. The standard InChI is InChI=1S/C22H17NO4/c24-20(17-7-8-19-18(11-17)12-21(25)23-19)13-27-22(26)10-14-5-6-15-3-1-2-4-16(15)9-14/h1-9,11H,10,12-13H2,(H,23,25). The average molecular weight is 359 g/mol. The minimum Gasteiger partial charge on any atom is -0.457 e. The van der Waals surface area contributed by atoms with Gasteiger partial charge in [0, 0.05) is 11.3 Å². The Labute approximate surface area is 156 Å². The molecule has 0 aromatic heterocycles. The summed E-state index contributed by atoms with van der Waals surface area (Å²) < 4.78 is 5.14. The summed E-state index contributed by atoms with van der Waals surface area (Å²) in [5, 5.41) is 4.88. The molecule has 27 heavy (non-hydrogen) atoms. The first kappa shape index (κ1) is 17.0. The lowest BCUT2D eigenvalue weighted by Gasteiger charge is -2.07. The van der Waals surface area contributed by atoms with Gasteiger partial charge < -0.3 is 10.1 Å². The van der Waals surface area contributed by atoms with Crippen LogP contribution in [0.1, 0.15) is 21.5 Å². The number of ketones is 1. The van der Waals surface area contributed by atoms with Crippen LogP contribution < -0.4 is 5.32 Å². The Morgan fingerprint density at radius 3 is 2.63 bits per heavy atom. The predicted octanol–water partition coefficient (Wildman–Crippen LogP) is 3.30. The normalized spacial score (nSPS) is 12.5. The molecule has 134 valence electrons. The SMILES string of the molecule is O=C1Cc2cc(C(=O)COC(=O)Cc3ccc4ccccc4c3)ccc2N1. The van der Waals surface area contributed by atoms with Gasteiger partial charge in [-0.05, 0) is 40.1 Å². The molecule has 0 fully saturated rings. The molecular formula is C22H17NO4. The van der Waals surface area contributed by atoms with Gasteiger partial charge in [-0.25, -0.2) is 0 Å². The van der Waals surface area contributed by atoms with Crippen LogP contribution in [0.25, 0.3) is 10.8 Å². The lowest BCUT2D eigenvalue weighted by molar-refractivity contribution is -0.141. The number of ether oxygens (including phenoxy) is 1. The molecule has 0 spiro atoms. The van der Waals surface area contributed by atoms with Crippen LogP contribution in [0.5, 0.6) is 0 Å². The molecule has 0 unspecified atom stereocenters. The van der Waals surface area contributed by atoms with Crippen molar-refractivity contribution in [2.24, 2.45) is 0 Å². The van der Waals surface area contributed by atoms with Crippen molar-refractivity contribution in [3.05, 3.63) is 77.4 Å². The van der Waals surface area contributed by atoms with Crippen molar-refractivity contribution in [3.8, 4) is 0 Å². The first-order valence-corrected chi connectivity index (χ1v) is 8.68. The molecule has 0 aliphatic carbocycles. The number of hydrogen-bond donors (Lipinski definition) is 1. The van der Waals surface area contributed by atoms with Crippen molar-refractivity contribution in [2.45, 2.75) is 12.8 Å². The molecule has 3 aromatic rings. The molecule has 0 atom stereocenters. The van der Waals surface area contributed by atoms with Gasteiger partial charge in [-0.3, -0.25) is 14.4 Å². The van der Waals surface area contributed by atoms with Crippen LogP contribution >= 0.6 is 0 Å². The molecule has 1 heterocycles. The summed E-state index contributed by atoms with van der Waals surface area (Å²) in [7, 11) is 0. The van der Waals surface area contributed by atoms with Gasteiger partial charge in [0.1, 0.15) is 0 Å². The van der Waals surface area contributed by atoms with Crippen LogP contribution in [0.4, 0.5) is 5.69 Å². The minimum atomic E-state index is -0.448. The van der Waals surface area contributed by atoms with Gasteiger partial charge in [-0.1, -0.05) is 42.5 Å². The number of Topliss-reactive ketones (excluding diaryl/α,β-unsaturated/α-hetero) is 1. The number of hydrogen-bond acceptors (Lipinski definition) is 4. The molecule has 0 bridgehead atoms. The number of rotatable bonds is 5. The van der Waals surface area contributed by atoms with Crippen molar-refractivity contribution >= 4 is 34.1 Å². The number of anilines is 1. The van der Waals surface area contributed by atoms with Gasteiger partial charge >= 0.3 is 5.97 Å². The Kier molecular flexibility index (Phi) is 4.42. The van der Waals surface area contributed by atoms with Crippen molar-refractivity contribution in [2.75, 3.05) is 11.9 Å². The van der Waals surface area contributed by atoms with Gasteiger partial charge in [0.25, 0.3) is 0 Å². The zero-order valence-corrected chi connectivity index (χ0v) is 14.5. The van der Waals surface area contributed by atoms with E-state index in [9.17, 15) is 14.4 Å². The average Bonchev–Trinajstić information content (AvgIpc) is 3.05. The number of esters is 1. The van der Waals surface area contributed by atoms with E-state index >= 15 is 0 Å². The monoisotopic (exact) mass is 359 g/mol. The van der Waals surface area contributed by atoms with Crippen molar-refractivity contribution in [1.29, 1.82) is 0 Å². The summed E-state index contributed by atoms with van der Waals surface area (Å²) in [5.74, 6) is -0.822. The largest absolute Gasteiger partial charge is 0.457 e. The number of nitrogens with one attached hydrogen (secondary N) is 1. The van der Waals surface area contributed by atoms with Gasteiger partial charge in [0.15, 0.2) is 12.4 Å². The van der Waals surface area contributed by atoms with E-state index < -0.39 is 5.97 Å². The third-order valence-electron chi connectivity index (χ3n) is 4.58. The van der Waals surface area contributed by atoms with Gasteiger partial charge in [0.05, 0.1) is 12.8 Å². The van der Waals surface area contributed by atoms with Crippen LogP contribution in [-0.2, 0) is 27.2 Å². The first-order chi connectivity index (χ1) is 13.1. The fourth-order valence-corrected chi connectivity index (χ4v) is 3.20. The molecule has 0 radical (unpaired) electrons. The van der Waals surface area contributed by atoms with Crippen LogP contribution in [0.3, 0.4) is 0 Å². The van der Waals surface area contributed by atoms with Crippen LogP contribution in [0.2, 0.25) is 0 Å². The fraction of sp³-hybridized carbons (Fsp3) is 0.136. The van der Waals surface area contributed by atoms with Gasteiger partial charge in [0.2, 0.25) is 5.91 Å². The van der Waals surface area contributed by atoms with E-state index in [-0.39, 0.29) is 31.1 Å². The maximum absolute atomic E-state index is 12.3. The molecule has 1 aliphatic heterocycles. The van der Waals surface area contributed by atoms with E-state index in [1.165, 1.54) is 0 Å². The molecule has 0 saturated heterocycles. The molecule has 1 amide bonds. The Hall–Kier alpha value is -3.47. The Morgan fingerprint density at radius 2 is 1.78 bits per heavy atom. The highest BCUT2D eigenvalue weighted by Gasteiger charge is 2.19. The minimum absolute atomic E-state index is 0.0867. The third-order valence-corrected chi connectivity index (χ3v) is 4.58. The highest BCUT2D eigenvalue weighted by atomic mass is 16.5. The number of carbonyl (C=O) groups is 3. The second-order valence-electron chi connectivity index (χ2n) is 6.54. The summed E-state index contributed by atoms with van der Waals surface area (Å²) in [6.45, 7) is -0.313. The molecule has 0 saturated carbocycles. The quantitative estimate of drug-likeness (QED) is 0.560. The van der Waals surface area contributed by atoms with Crippen LogP contribution in [0, 0.1) is 0 Å². The van der Waals surface area contributed by atoms with E-state index in [1.54, 1.807) is 18.2 Å². The van der Waals surface area contributed by atoms with Crippen molar-refractivity contribution < 1.29 is 19.1 Å². The molecule has 1 N–H and O–H groups in total. The Balaban J connectivity index is 1.36. The summed E-state index contributed by atoms with van der Waals surface area (Å²) in [6, 6.07) is 18.7. The summed E-state index contributed by atoms with van der Waals surface area (Å²) in [4.78, 5) is 35.7. The third kappa shape index (κ3) is 3.72. The van der Waals surface area contributed by atoms with Crippen molar-refractivity contribution in [3.63, 3.8) is 0 Å². The zero-order valence-electron chi connectivity index (χ0n) is 14.5. The predicted molar refractivity (Wildman–Crippen MR) is 102 cm³/mol. The fourth-order valence-electron chi connectivity index (χ4n) is 3.20. The topological polar surface area (TPSA) is 72.5 Å². The van der Waals surface area contributed by atoms with E-state index in [4.69, 9.17) is 4.74 Å². The smallest absolute Gasteiger partial charge is 0.310 e. The Morgan fingerprint density at radius 1 is 0.963 bits per heavy atom. The molecule has 3 aromatic carbocycles. The van der Waals surface area contributed by atoms with Crippen LogP contribution in [-0.4, -0.2) is 24.3 Å². The lowest BCUT2D eigenvalue weighted by Crippen LogP contribution is -2.15. The number of amides is 1. The summed E-state index contributed by atoms with van der Waals surface area (Å²) >= 11 is 0. The maximum atomic E-state index is 12.3. The first-order valence-electron chi connectivity index (χ1n) is 8.68. The molecule has 4 rings (SSSR count). The molecular weight excluding hydrogens is 342 g/mol. The van der Waals surface area contributed by atoms with E-state index in [0.29, 0.717) is 5.56 Å². The molecule has 5 nitrogen and oxygen atoms in total. The van der Waals surface area contributed by atoms with E-state index in [1.807, 2.05) is 42.5 Å². The molecule has 1 aliphatic rings. The lowest BCUT2D eigenvalue weighted by atomic mass is 10.0. The summed E-state index contributed by atoms with van der Waals surface area (Å²) in [6.07, 6.45) is 0.374. The van der Waals surface area contributed by atoms with Crippen molar-refractivity contribution in [1.82, 2.24) is 0 Å². The molecule has 5 heteroatoms. The highest BCUT2D eigenvalue weighted by molar-refractivity contribution is 6.03. The zero-order chi connectivity index (χ0) is 18.8. The Bertz CT molecular complexity index is 1070. The van der Waals surface area contributed by atoms with Crippen LogP contribution in [0.15, 0.2) is 60.7 Å².